The molecule has 0 bridgehead atoms. The Morgan fingerprint density at radius 3 is 3.05 bits per heavy atom. The molecule has 21 heavy (non-hydrogen) atoms. The fourth-order valence-corrected chi connectivity index (χ4v) is 3.50. The number of imidazole rings is 1. The maximum atomic E-state index is 12.1. The molecule has 3 rings (SSSR count). The summed E-state index contributed by atoms with van der Waals surface area (Å²) in [5.74, 6) is 0.882. The number of sulfonamides is 1. The third-order valence-electron chi connectivity index (χ3n) is 3.67. The summed E-state index contributed by atoms with van der Waals surface area (Å²) in [6.07, 6.45) is 6.73. The van der Waals surface area contributed by atoms with Gasteiger partial charge in [-0.05, 0) is 12.5 Å². The summed E-state index contributed by atoms with van der Waals surface area (Å²) in [5, 5.41) is 0. The van der Waals surface area contributed by atoms with Crippen LogP contribution in [0.25, 0.3) is 0 Å². The Morgan fingerprint density at radius 1 is 1.52 bits per heavy atom. The first-order valence-electron chi connectivity index (χ1n) is 6.68. The van der Waals surface area contributed by atoms with Gasteiger partial charge < -0.3 is 13.7 Å². The number of aryl methyl sites for hydroxylation is 1. The van der Waals surface area contributed by atoms with Crippen molar-refractivity contribution >= 4 is 10.0 Å². The second-order valence-electron chi connectivity index (χ2n) is 5.05. The Bertz CT molecular complexity index is 693. The standard InChI is InChI=1S/C13H17N3O4S/c1-16-5-4-14-13(16)12-10(2-7-20-12)8-15-21(17,18)11-3-6-19-9-11/h3-6,9-10,12,15H,2,7-8H2,1H3/t10-,12+/m0/s1. The molecule has 2 aromatic rings. The molecule has 8 heteroatoms. The normalized spacial score (nSPS) is 22.7. The molecule has 0 radical (unpaired) electrons. The Kier molecular flexibility index (Phi) is 3.83. The molecule has 1 aliphatic rings. The largest absolute Gasteiger partial charge is 0.471 e. The van der Waals surface area contributed by atoms with Crippen molar-refractivity contribution in [1.82, 2.24) is 14.3 Å². The Labute approximate surface area is 123 Å². The van der Waals surface area contributed by atoms with E-state index in [0.717, 1.165) is 12.2 Å². The lowest BCUT2D eigenvalue weighted by molar-refractivity contribution is 0.0823. The highest BCUT2D eigenvalue weighted by Gasteiger charge is 2.33. The van der Waals surface area contributed by atoms with E-state index in [4.69, 9.17) is 9.15 Å². The summed E-state index contributed by atoms with van der Waals surface area (Å²) < 4.78 is 39.2. The van der Waals surface area contributed by atoms with E-state index < -0.39 is 10.0 Å². The van der Waals surface area contributed by atoms with Gasteiger partial charge in [0.05, 0.1) is 6.26 Å². The van der Waals surface area contributed by atoms with Crippen LogP contribution in [-0.2, 0) is 21.8 Å². The zero-order valence-electron chi connectivity index (χ0n) is 11.6. The van der Waals surface area contributed by atoms with Crippen molar-refractivity contribution in [2.45, 2.75) is 17.4 Å². The second-order valence-corrected chi connectivity index (χ2v) is 6.81. The van der Waals surface area contributed by atoms with Gasteiger partial charge in [-0.2, -0.15) is 0 Å². The highest BCUT2D eigenvalue weighted by atomic mass is 32.2. The van der Waals surface area contributed by atoms with Crippen molar-refractivity contribution in [3.63, 3.8) is 0 Å². The van der Waals surface area contributed by atoms with Crippen molar-refractivity contribution in [2.75, 3.05) is 13.2 Å². The quantitative estimate of drug-likeness (QED) is 0.892. The molecule has 7 nitrogen and oxygen atoms in total. The van der Waals surface area contributed by atoms with Crippen LogP contribution in [-0.4, -0.2) is 31.1 Å². The average Bonchev–Trinajstić information content (AvgIpc) is 3.17. The van der Waals surface area contributed by atoms with Crippen LogP contribution in [0.5, 0.6) is 0 Å². The number of aromatic nitrogens is 2. The van der Waals surface area contributed by atoms with Gasteiger partial charge in [0, 0.05) is 38.5 Å². The molecule has 2 aromatic heterocycles. The van der Waals surface area contributed by atoms with Crippen LogP contribution in [0.3, 0.4) is 0 Å². The van der Waals surface area contributed by atoms with Crippen LogP contribution in [0, 0.1) is 5.92 Å². The van der Waals surface area contributed by atoms with E-state index in [1.54, 1.807) is 6.20 Å². The fourth-order valence-electron chi connectivity index (χ4n) is 2.48. The minimum absolute atomic E-state index is 0.0628. The van der Waals surface area contributed by atoms with E-state index in [1.807, 2.05) is 17.8 Å². The average molecular weight is 311 g/mol. The van der Waals surface area contributed by atoms with Crippen LogP contribution >= 0.6 is 0 Å². The monoisotopic (exact) mass is 311 g/mol. The number of ether oxygens (including phenoxy) is 1. The topological polar surface area (TPSA) is 86.4 Å². The molecule has 3 heterocycles. The molecule has 1 aliphatic heterocycles. The van der Waals surface area contributed by atoms with E-state index in [1.165, 1.54) is 18.6 Å². The number of rotatable bonds is 5. The fraction of sp³-hybridized carbons (Fsp3) is 0.462. The molecule has 2 atom stereocenters. The number of furan rings is 1. The predicted molar refractivity (Wildman–Crippen MR) is 73.9 cm³/mol. The first kappa shape index (κ1) is 14.3. The number of hydrogen-bond acceptors (Lipinski definition) is 5. The van der Waals surface area contributed by atoms with E-state index in [0.29, 0.717) is 13.2 Å². The smallest absolute Gasteiger partial charge is 0.243 e. The maximum Gasteiger partial charge on any atom is 0.243 e. The summed E-state index contributed by atoms with van der Waals surface area (Å²) >= 11 is 0. The van der Waals surface area contributed by atoms with Crippen molar-refractivity contribution in [1.29, 1.82) is 0 Å². The van der Waals surface area contributed by atoms with E-state index >= 15 is 0 Å². The lowest BCUT2D eigenvalue weighted by Gasteiger charge is -2.18. The molecule has 0 saturated carbocycles. The first-order valence-corrected chi connectivity index (χ1v) is 8.17. The Morgan fingerprint density at radius 2 is 2.38 bits per heavy atom. The van der Waals surface area contributed by atoms with Crippen LogP contribution in [0.4, 0.5) is 0 Å². The minimum atomic E-state index is -3.53. The van der Waals surface area contributed by atoms with Gasteiger partial charge in [0.1, 0.15) is 23.1 Å². The highest BCUT2D eigenvalue weighted by molar-refractivity contribution is 7.89. The van der Waals surface area contributed by atoms with Gasteiger partial charge in [-0.15, -0.1) is 0 Å². The highest BCUT2D eigenvalue weighted by Crippen LogP contribution is 2.33. The molecule has 1 saturated heterocycles. The van der Waals surface area contributed by atoms with Gasteiger partial charge in [0.2, 0.25) is 10.0 Å². The van der Waals surface area contributed by atoms with E-state index in [-0.39, 0.29) is 16.9 Å². The minimum Gasteiger partial charge on any atom is -0.471 e. The molecule has 0 spiro atoms. The van der Waals surface area contributed by atoms with Crippen molar-refractivity contribution in [3.8, 4) is 0 Å². The summed E-state index contributed by atoms with van der Waals surface area (Å²) in [6, 6.07) is 1.42. The zero-order valence-corrected chi connectivity index (χ0v) is 12.4. The molecular formula is C13H17N3O4S. The SMILES string of the molecule is Cn1ccnc1[C@@H]1OCC[C@H]1CNS(=O)(=O)c1ccoc1. The summed E-state index contributed by atoms with van der Waals surface area (Å²) in [7, 11) is -1.63. The molecule has 1 N–H and O–H groups in total. The van der Waals surface area contributed by atoms with Crippen molar-refractivity contribution < 1.29 is 17.6 Å². The first-order chi connectivity index (χ1) is 10.1. The molecule has 1 fully saturated rings. The van der Waals surface area contributed by atoms with E-state index in [9.17, 15) is 8.42 Å². The van der Waals surface area contributed by atoms with Crippen LogP contribution in [0.15, 0.2) is 40.3 Å². The molecule has 0 amide bonds. The number of hydrogen-bond donors (Lipinski definition) is 1. The number of nitrogens with zero attached hydrogens (tertiary/aromatic N) is 2. The van der Waals surface area contributed by atoms with Gasteiger partial charge in [-0.25, -0.2) is 18.1 Å². The van der Waals surface area contributed by atoms with Crippen LogP contribution in [0.2, 0.25) is 0 Å². The zero-order chi connectivity index (χ0) is 14.9. The number of nitrogens with one attached hydrogen (secondary N) is 1. The van der Waals surface area contributed by atoms with E-state index in [2.05, 4.69) is 9.71 Å². The Hall–Kier alpha value is -1.64. The summed E-state index contributed by atoms with van der Waals surface area (Å²) in [5.41, 5.74) is 0. The van der Waals surface area contributed by atoms with Crippen LogP contribution < -0.4 is 4.72 Å². The maximum absolute atomic E-state index is 12.1. The molecule has 114 valence electrons. The molecular weight excluding hydrogens is 294 g/mol. The van der Waals surface area contributed by atoms with Gasteiger partial charge in [-0.3, -0.25) is 0 Å². The molecule has 0 aliphatic carbocycles. The molecule has 0 unspecified atom stereocenters. The third-order valence-corrected chi connectivity index (χ3v) is 5.07. The Balaban J connectivity index is 1.69. The van der Waals surface area contributed by atoms with Gasteiger partial charge >= 0.3 is 0 Å². The molecule has 0 aromatic carbocycles. The predicted octanol–water partition coefficient (Wildman–Crippen LogP) is 1.07. The van der Waals surface area contributed by atoms with Gasteiger partial charge in [0.25, 0.3) is 0 Å². The van der Waals surface area contributed by atoms with Gasteiger partial charge in [-0.1, -0.05) is 0 Å². The third kappa shape index (κ3) is 2.87. The summed E-state index contributed by atoms with van der Waals surface area (Å²) in [6.45, 7) is 0.917. The van der Waals surface area contributed by atoms with Crippen molar-refractivity contribution in [2.24, 2.45) is 13.0 Å². The lowest BCUT2D eigenvalue weighted by atomic mass is 10.0. The van der Waals surface area contributed by atoms with Crippen LogP contribution in [0.1, 0.15) is 18.3 Å². The van der Waals surface area contributed by atoms with Gasteiger partial charge in [0.15, 0.2) is 0 Å². The lowest BCUT2D eigenvalue weighted by Crippen LogP contribution is -2.31. The van der Waals surface area contributed by atoms with Crippen molar-refractivity contribution in [3.05, 3.63) is 36.8 Å². The second kappa shape index (κ2) is 5.63. The summed E-state index contributed by atoms with van der Waals surface area (Å²) in [4.78, 5) is 4.42.